The van der Waals surface area contributed by atoms with E-state index in [0.717, 1.165) is 11.1 Å². The van der Waals surface area contributed by atoms with E-state index in [-0.39, 0.29) is 11.4 Å². The number of aryl methyl sites for hydroxylation is 2. The first-order chi connectivity index (χ1) is 9.97. The van der Waals surface area contributed by atoms with Crippen LogP contribution in [0.25, 0.3) is 0 Å². The Hall–Kier alpha value is -1.81. The Morgan fingerprint density at radius 3 is 1.95 bits per heavy atom. The van der Waals surface area contributed by atoms with Crippen LogP contribution in [0.4, 0.5) is 13.2 Å². The molecule has 21 heavy (non-hydrogen) atoms. The quantitative estimate of drug-likeness (QED) is 0.844. The second kappa shape index (κ2) is 6.76. The zero-order valence-corrected chi connectivity index (χ0v) is 12.1. The van der Waals surface area contributed by atoms with Gasteiger partial charge in [0.1, 0.15) is 5.82 Å². The number of hydrogen-bond acceptors (Lipinski definition) is 1. The van der Waals surface area contributed by atoms with Gasteiger partial charge in [-0.1, -0.05) is 36.4 Å². The number of rotatable bonds is 5. The van der Waals surface area contributed by atoms with E-state index in [4.69, 9.17) is 0 Å². The van der Waals surface area contributed by atoms with Crippen molar-refractivity contribution in [2.24, 2.45) is 0 Å². The van der Waals surface area contributed by atoms with Crippen LogP contribution in [0.15, 0.2) is 36.4 Å². The third-order valence-electron chi connectivity index (χ3n) is 3.39. The maximum atomic E-state index is 13.5. The number of hydrogen-bond donors (Lipinski definition) is 1. The van der Waals surface area contributed by atoms with Crippen molar-refractivity contribution >= 4 is 0 Å². The lowest BCUT2D eigenvalue weighted by molar-refractivity contribution is 0.151. The summed E-state index contributed by atoms with van der Waals surface area (Å²) in [5.41, 5.74) is 3.25. The summed E-state index contributed by atoms with van der Waals surface area (Å²) in [6.45, 7) is 4.68. The molecular weight excluding hydrogens is 275 g/mol. The standard InChI is InChI=1S/C17H18F3N/c1-11-7-14(8-12(2)16(11)18)10-21-9-13-3-5-15(6-4-13)17(19)20/h3-8,17,21H,9-10H2,1-2H3. The minimum atomic E-state index is -2.43. The third-order valence-corrected chi connectivity index (χ3v) is 3.39. The molecule has 0 heterocycles. The Morgan fingerprint density at radius 1 is 0.905 bits per heavy atom. The molecule has 0 amide bonds. The van der Waals surface area contributed by atoms with E-state index in [2.05, 4.69) is 5.32 Å². The summed E-state index contributed by atoms with van der Waals surface area (Å²) >= 11 is 0. The minimum absolute atomic E-state index is 0.0311. The van der Waals surface area contributed by atoms with Gasteiger partial charge in [-0.2, -0.15) is 0 Å². The smallest absolute Gasteiger partial charge is 0.263 e. The Bertz CT molecular complexity index is 583. The highest BCUT2D eigenvalue weighted by molar-refractivity contribution is 5.30. The Morgan fingerprint density at radius 2 is 1.43 bits per heavy atom. The summed E-state index contributed by atoms with van der Waals surface area (Å²) in [5, 5.41) is 3.23. The lowest BCUT2D eigenvalue weighted by atomic mass is 10.1. The van der Waals surface area contributed by atoms with Crippen LogP contribution in [0.3, 0.4) is 0 Å². The monoisotopic (exact) mass is 293 g/mol. The number of nitrogens with one attached hydrogen (secondary N) is 1. The van der Waals surface area contributed by atoms with Crippen molar-refractivity contribution in [1.29, 1.82) is 0 Å². The van der Waals surface area contributed by atoms with Gasteiger partial charge in [-0.05, 0) is 36.1 Å². The van der Waals surface area contributed by atoms with Crippen molar-refractivity contribution < 1.29 is 13.2 Å². The number of alkyl halides is 2. The molecule has 0 bridgehead atoms. The summed E-state index contributed by atoms with van der Waals surface area (Å²) in [5.74, 6) is -0.165. The second-order valence-corrected chi connectivity index (χ2v) is 5.19. The maximum Gasteiger partial charge on any atom is 0.263 e. The second-order valence-electron chi connectivity index (χ2n) is 5.19. The molecule has 0 atom stereocenters. The average molecular weight is 293 g/mol. The molecule has 112 valence electrons. The van der Waals surface area contributed by atoms with Crippen molar-refractivity contribution in [2.45, 2.75) is 33.4 Å². The normalized spacial score (nSPS) is 11.1. The largest absolute Gasteiger partial charge is 0.309 e. The van der Waals surface area contributed by atoms with Gasteiger partial charge in [-0.15, -0.1) is 0 Å². The van der Waals surface area contributed by atoms with Gasteiger partial charge in [-0.25, -0.2) is 13.2 Å². The van der Waals surface area contributed by atoms with Gasteiger partial charge >= 0.3 is 0 Å². The average Bonchev–Trinajstić information content (AvgIpc) is 2.45. The third kappa shape index (κ3) is 4.08. The predicted molar refractivity (Wildman–Crippen MR) is 77.8 cm³/mol. The first-order valence-electron chi connectivity index (χ1n) is 6.80. The van der Waals surface area contributed by atoms with E-state index in [1.165, 1.54) is 12.1 Å². The summed E-state index contributed by atoms with van der Waals surface area (Å²) in [4.78, 5) is 0. The van der Waals surface area contributed by atoms with Crippen molar-refractivity contribution in [3.05, 3.63) is 70.0 Å². The van der Waals surface area contributed by atoms with Crippen molar-refractivity contribution in [1.82, 2.24) is 5.32 Å². The van der Waals surface area contributed by atoms with Crippen molar-refractivity contribution in [3.8, 4) is 0 Å². The molecule has 0 fully saturated rings. The molecule has 0 unspecified atom stereocenters. The van der Waals surface area contributed by atoms with Gasteiger partial charge in [0.25, 0.3) is 6.43 Å². The van der Waals surface area contributed by atoms with Gasteiger partial charge in [0.15, 0.2) is 0 Å². The van der Waals surface area contributed by atoms with Crippen LogP contribution in [-0.2, 0) is 13.1 Å². The molecule has 1 N–H and O–H groups in total. The van der Waals surface area contributed by atoms with Crippen LogP contribution < -0.4 is 5.32 Å². The van der Waals surface area contributed by atoms with Crippen LogP contribution in [0.1, 0.15) is 34.2 Å². The molecule has 1 nitrogen and oxygen atoms in total. The molecule has 4 heteroatoms. The highest BCUT2D eigenvalue weighted by atomic mass is 19.3. The summed E-state index contributed by atoms with van der Waals surface area (Å²) < 4.78 is 38.4. The lowest BCUT2D eigenvalue weighted by Gasteiger charge is -2.09. The van der Waals surface area contributed by atoms with E-state index in [1.807, 2.05) is 12.1 Å². The Labute approximate surface area is 122 Å². The van der Waals surface area contributed by atoms with Crippen molar-refractivity contribution in [2.75, 3.05) is 0 Å². The van der Waals surface area contributed by atoms with Crippen LogP contribution in [-0.4, -0.2) is 0 Å². The van der Waals surface area contributed by atoms with E-state index in [9.17, 15) is 13.2 Å². The Balaban J connectivity index is 1.92. The fourth-order valence-electron chi connectivity index (χ4n) is 2.27. The zero-order valence-electron chi connectivity index (χ0n) is 12.1. The highest BCUT2D eigenvalue weighted by Crippen LogP contribution is 2.19. The molecule has 2 rings (SSSR count). The highest BCUT2D eigenvalue weighted by Gasteiger charge is 2.06. The van der Waals surface area contributed by atoms with Gasteiger partial charge in [-0.3, -0.25) is 0 Å². The van der Waals surface area contributed by atoms with Crippen molar-refractivity contribution in [3.63, 3.8) is 0 Å². The van der Waals surface area contributed by atoms with E-state index in [0.29, 0.717) is 24.2 Å². The zero-order chi connectivity index (χ0) is 15.4. The summed E-state index contributed by atoms with van der Waals surface area (Å²) in [7, 11) is 0. The first kappa shape index (κ1) is 15.6. The Kier molecular flexibility index (Phi) is 5.02. The van der Waals surface area contributed by atoms with Crippen LogP contribution in [0, 0.1) is 19.7 Å². The van der Waals surface area contributed by atoms with Gasteiger partial charge < -0.3 is 5.32 Å². The van der Waals surface area contributed by atoms with Crippen LogP contribution in [0.2, 0.25) is 0 Å². The molecule has 0 spiro atoms. The molecule has 2 aromatic carbocycles. The van der Waals surface area contributed by atoms with E-state index >= 15 is 0 Å². The maximum absolute atomic E-state index is 13.5. The molecule has 0 saturated heterocycles. The number of benzene rings is 2. The fraction of sp³-hybridized carbons (Fsp3) is 0.294. The van der Waals surface area contributed by atoms with Gasteiger partial charge in [0.2, 0.25) is 0 Å². The fourth-order valence-corrected chi connectivity index (χ4v) is 2.27. The van der Waals surface area contributed by atoms with Gasteiger partial charge in [0, 0.05) is 18.7 Å². The molecule has 0 aliphatic rings. The first-order valence-corrected chi connectivity index (χ1v) is 6.80. The van der Waals surface area contributed by atoms with E-state index < -0.39 is 6.43 Å². The van der Waals surface area contributed by atoms with Crippen LogP contribution >= 0.6 is 0 Å². The topological polar surface area (TPSA) is 12.0 Å². The molecule has 2 aromatic rings. The molecule has 0 radical (unpaired) electrons. The minimum Gasteiger partial charge on any atom is -0.309 e. The molecule has 0 saturated carbocycles. The SMILES string of the molecule is Cc1cc(CNCc2ccc(C(F)F)cc2)cc(C)c1F. The van der Waals surface area contributed by atoms with Crippen LogP contribution in [0.5, 0.6) is 0 Å². The van der Waals surface area contributed by atoms with Gasteiger partial charge in [0.05, 0.1) is 0 Å². The predicted octanol–water partition coefficient (Wildman–Crippen LogP) is 4.67. The molecule has 0 aliphatic carbocycles. The number of halogens is 3. The molecule has 0 aromatic heterocycles. The molecule has 0 aliphatic heterocycles. The lowest BCUT2D eigenvalue weighted by Crippen LogP contribution is -2.13. The van der Waals surface area contributed by atoms with E-state index in [1.54, 1.807) is 26.0 Å². The molecular formula is C17H18F3N. The summed E-state index contributed by atoms with van der Waals surface area (Å²) in [6, 6.07) is 9.89. The summed E-state index contributed by atoms with van der Waals surface area (Å²) in [6.07, 6.45) is -2.43.